The van der Waals surface area contributed by atoms with E-state index in [0.717, 1.165) is 45.3 Å². The normalized spacial score (nSPS) is 24.1. The van der Waals surface area contributed by atoms with Crippen molar-refractivity contribution >= 4 is 11.8 Å². The molecule has 0 bridgehead atoms. The topological polar surface area (TPSA) is 40.6 Å². The molecule has 0 aromatic heterocycles. The fraction of sp³-hybridized carbons (Fsp3) is 0.692. The third-order valence-electron chi connectivity index (χ3n) is 3.59. The van der Waals surface area contributed by atoms with Gasteiger partial charge in [-0.3, -0.25) is 9.59 Å². The van der Waals surface area contributed by atoms with Gasteiger partial charge >= 0.3 is 0 Å². The Labute approximate surface area is 102 Å². The van der Waals surface area contributed by atoms with Gasteiger partial charge in [-0.15, -0.1) is 6.58 Å². The van der Waals surface area contributed by atoms with Crippen LogP contribution in [0.3, 0.4) is 0 Å². The van der Waals surface area contributed by atoms with Gasteiger partial charge in [-0.2, -0.15) is 0 Å². The van der Waals surface area contributed by atoms with E-state index < -0.39 is 0 Å². The summed E-state index contributed by atoms with van der Waals surface area (Å²) in [6.07, 6.45) is 5.89. The van der Waals surface area contributed by atoms with Gasteiger partial charge in [-0.05, 0) is 25.7 Å². The average Bonchev–Trinajstić information content (AvgIpc) is 3.00. The van der Waals surface area contributed by atoms with Gasteiger partial charge in [0.05, 0.1) is 0 Å². The molecule has 0 spiro atoms. The first-order valence-electron chi connectivity index (χ1n) is 6.43. The molecular formula is C13H20N2O2. The molecule has 0 aliphatic carbocycles. The van der Waals surface area contributed by atoms with Gasteiger partial charge in [0.2, 0.25) is 11.8 Å². The van der Waals surface area contributed by atoms with E-state index in [1.54, 1.807) is 11.0 Å². The largest absolute Gasteiger partial charge is 0.341 e. The Balaban J connectivity index is 2.00. The third kappa shape index (κ3) is 2.51. The Morgan fingerprint density at radius 3 is 2.53 bits per heavy atom. The van der Waals surface area contributed by atoms with Crippen molar-refractivity contribution in [3.8, 4) is 0 Å². The minimum absolute atomic E-state index is 0.0371. The SMILES string of the molecule is C=CCC(=O)N1CCC[C@H]1C(=O)N1CCCC1. The van der Waals surface area contributed by atoms with Crippen molar-refractivity contribution in [3.63, 3.8) is 0 Å². The first kappa shape index (κ1) is 12.1. The van der Waals surface area contributed by atoms with Crippen molar-refractivity contribution < 1.29 is 9.59 Å². The van der Waals surface area contributed by atoms with E-state index in [1.165, 1.54) is 0 Å². The molecule has 2 heterocycles. The molecular weight excluding hydrogens is 216 g/mol. The predicted molar refractivity (Wildman–Crippen MR) is 65.4 cm³/mol. The maximum absolute atomic E-state index is 12.3. The molecule has 4 heteroatoms. The molecule has 94 valence electrons. The second-order valence-electron chi connectivity index (χ2n) is 4.77. The van der Waals surface area contributed by atoms with E-state index >= 15 is 0 Å². The standard InChI is InChI=1S/C13H20N2O2/c1-2-6-12(16)15-10-5-7-11(15)13(17)14-8-3-4-9-14/h2,11H,1,3-10H2/t11-/m0/s1. The van der Waals surface area contributed by atoms with Crippen LogP contribution in [0.4, 0.5) is 0 Å². The van der Waals surface area contributed by atoms with Gasteiger partial charge in [0.15, 0.2) is 0 Å². The molecule has 17 heavy (non-hydrogen) atoms. The smallest absolute Gasteiger partial charge is 0.245 e. The summed E-state index contributed by atoms with van der Waals surface area (Å²) >= 11 is 0. The van der Waals surface area contributed by atoms with Crippen LogP contribution in [-0.4, -0.2) is 47.3 Å². The van der Waals surface area contributed by atoms with Crippen molar-refractivity contribution in [1.82, 2.24) is 9.80 Å². The van der Waals surface area contributed by atoms with Gasteiger partial charge in [-0.25, -0.2) is 0 Å². The maximum atomic E-state index is 12.3. The maximum Gasteiger partial charge on any atom is 0.245 e. The lowest BCUT2D eigenvalue weighted by Gasteiger charge is -2.27. The lowest BCUT2D eigenvalue weighted by atomic mass is 10.2. The van der Waals surface area contributed by atoms with E-state index in [0.29, 0.717) is 6.42 Å². The summed E-state index contributed by atoms with van der Waals surface area (Å²) in [6, 6.07) is -0.208. The molecule has 2 aliphatic rings. The highest BCUT2D eigenvalue weighted by Gasteiger charge is 2.36. The van der Waals surface area contributed by atoms with Crippen LogP contribution in [-0.2, 0) is 9.59 Å². The Bertz CT molecular complexity index is 321. The Kier molecular flexibility index (Phi) is 3.82. The highest BCUT2D eigenvalue weighted by atomic mass is 16.2. The molecule has 2 aliphatic heterocycles. The van der Waals surface area contributed by atoms with Crippen LogP contribution in [0.2, 0.25) is 0 Å². The molecule has 0 N–H and O–H groups in total. The fourth-order valence-corrected chi connectivity index (χ4v) is 2.71. The average molecular weight is 236 g/mol. The van der Waals surface area contributed by atoms with Crippen molar-refractivity contribution in [2.24, 2.45) is 0 Å². The van der Waals surface area contributed by atoms with Crippen molar-refractivity contribution in [3.05, 3.63) is 12.7 Å². The van der Waals surface area contributed by atoms with Crippen molar-refractivity contribution in [1.29, 1.82) is 0 Å². The molecule has 1 atom stereocenters. The summed E-state index contributed by atoms with van der Waals surface area (Å²) in [5, 5.41) is 0. The molecule has 2 amide bonds. The summed E-state index contributed by atoms with van der Waals surface area (Å²) in [6.45, 7) is 6.02. The van der Waals surface area contributed by atoms with E-state index in [-0.39, 0.29) is 17.9 Å². The van der Waals surface area contributed by atoms with Crippen molar-refractivity contribution in [2.75, 3.05) is 19.6 Å². The third-order valence-corrected chi connectivity index (χ3v) is 3.59. The number of hydrogen-bond acceptors (Lipinski definition) is 2. The Morgan fingerprint density at radius 2 is 1.88 bits per heavy atom. The molecule has 2 saturated heterocycles. The number of rotatable bonds is 3. The van der Waals surface area contributed by atoms with Gasteiger partial charge in [0.1, 0.15) is 6.04 Å². The van der Waals surface area contributed by atoms with E-state index in [1.807, 2.05) is 4.90 Å². The van der Waals surface area contributed by atoms with E-state index in [4.69, 9.17) is 0 Å². The van der Waals surface area contributed by atoms with Crippen LogP contribution in [0, 0.1) is 0 Å². The predicted octanol–water partition coefficient (Wildman–Crippen LogP) is 1.18. The van der Waals surface area contributed by atoms with Crippen LogP contribution in [0.25, 0.3) is 0 Å². The van der Waals surface area contributed by atoms with Crippen LogP contribution in [0.15, 0.2) is 12.7 Å². The number of nitrogens with zero attached hydrogens (tertiary/aromatic N) is 2. The van der Waals surface area contributed by atoms with Gasteiger partial charge in [0, 0.05) is 26.1 Å². The van der Waals surface area contributed by atoms with Crippen LogP contribution < -0.4 is 0 Å². The molecule has 0 aromatic carbocycles. The molecule has 0 aromatic rings. The van der Waals surface area contributed by atoms with E-state index in [9.17, 15) is 9.59 Å². The first-order chi connectivity index (χ1) is 8.24. The highest BCUT2D eigenvalue weighted by Crippen LogP contribution is 2.22. The van der Waals surface area contributed by atoms with Gasteiger partial charge in [0.25, 0.3) is 0 Å². The molecule has 2 fully saturated rings. The molecule has 0 radical (unpaired) electrons. The summed E-state index contributed by atoms with van der Waals surface area (Å²) in [5.41, 5.74) is 0. The minimum atomic E-state index is -0.208. The second kappa shape index (κ2) is 5.34. The second-order valence-corrected chi connectivity index (χ2v) is 4.77. The minimum Gasteiger partial charge on any atom is -0.341 e. The molecule has 0 unspecified atom stereocenters. The Morgan fingerprint density at radius 1 is 1.18 bits per heavy atom. The first-order valence-corrected chi connectivity index (χ1v) is 6.43. The lowest BCUT2D eigenvalue weighted by Crippen LogP contribution is -2.46. The summed E-state index contributed by atoms with van der Waals surface area (Å²) in [4.78, 5) is 27.8. The number of carbonyl (C=O) groups excluding carboxylic acids is 2. The molecule has 0 saturated carbocycles. The quantitative estimate of drug-likeness (QED) is 0.690. The van der Waals surface area contributed by atoms with Gasteiger partial charge in [-0.1, -0.05) is 6.08 Å². The van der Waals surface area contributed by atoms with E-state index in [2.05, 4.69) is 6.58 Å². The van der Waals surface area contributed by atoms with Crippen LogP contribution >= 0.6 is 0 Å². The zero-order chi connectivity index (χ0) is 12.3. The summed E-state index contributed by atoms with van der Waals surface area (Å²) in [7, 11) is 0. The summed E-state index contributed by atoms with van der Waals surface area (Å²) < 4.78 is 0. The monoisotopic (exact) mass is 236 g/mol. The number of likely N-dealkylation sites (tertiary alicyclic amines) is 2. The Hall–Kier alpha value is -1.32. The van der Waals surface area contributed by atoms with Crippen LogP contribution in [0.5, 0.6) is 0 Å². The fourth-order valence-electron chi connectivity index (χ4n) is 2.71. The van der Waals surface area contributed by atoms with Gasteiger partial charge < -0.3 is 9.80 Å². The summed E-state index contributed by atoms with van der Waals surface area (Å²) in [5.74, 6) is 0.187. The van der Waals surface area contributed by atoms with Crippen LogP contribution in [0.1, 0.15) is 32.1 Å². The highest BCUT2D eigenvalue weighted by molar-refractivity contribution is 5.88. The zero-order valence-corrected chi connectivity index (χ0v) is 10.2. The lowest BCUT2D eigenvalue weighted by molar-refractivity contribution is -0.142. The zero-order valence-electron chi connectivity index (χ0n) is 10.2. The number of hydrogen-bond donors (Lipinski definition) is 0. The number of carbonyl (C=O) groups is 2. The van der Waals surface area contributed by atoms with Crippen molar-refractivity contribution in [2.45, 2.75) is 38.1 Å². The molecule has 4 nitrogen and oxygen atoms in total. The number of amides is 2. The molecule has 2 rings (SSSR count).